The Morgan fingerprint density at radius 3 is 3.15 bits per heavy atom. The van der Waals surface area contributed by atoms with Crippen LogP contribution in [0.25, 0.3) is 0 Å². The van der Waals surface area contributed by atoms with Crippen molar-refractivity contribution in [1.29, 1.82) is 5.26 Å². The van der Waals surface area contributed by atoms with Gasteiger partial charge in [-0.25, -0.2) is 4.39 Å². The molecular formula is C9H15FN2O. The van der Waals surface area contributed by atoms with Crippen molar-refractivity contribution >= 4 is 0 Å². The highest BCUT2D eigenvalue weighted by Crippen LogP contribution is 2.07. The van der Waals surface area contributed by atoms with E-state index >= 15 is 0 Å². The Hall–Kier alpha value is -0.660. The molecule has 0 saturated carbocycles. The maximum absolute atomic E-state index is 13.0. The summed E-state index contributed by atoms with van der Waals surface area (Å²) in [5.41, 5.74) is 0. The molecule has 1 rings (SSSR count). The fraction of sp³-hybridized carbons (Fsp3) is 0.889. The summed E-state index contributed by atoms with van der Waals surface area (Å²) in [4.78, 5) is 1.95. The predicted molar refractivity (Wildman–Crippen MR) is 47.0 cm³/mol. The minimum absolute atomic E-state index is 0.377. The Morgan fingerprint density at radius 1 is 1.77 bits per heavy atom. The second kappa shape index (κ2) is 5.15. The van der Waals surface area contributed by atoms with Crippen LogP contribution in [0.3, 0.4) is 0 Å². The van der Waals surface area contributed by atoms with Crippen molar-refractivity contribution in [3.05, 3.63) is 0 Å². The van der Waals surface area contributed by atoms with E-state index in [1.165, 1.54) is 0 Å². The highest BCUT2D eigenvalue weighted by atomic mass is 19.1. The number of morpholine rings is 1. The van der Waals surface area contributed by atoms with E-state index in [9.17, 15) is 4.39 Å². The maximum atomic E-state index is 13.0. The number of nitriles is 1. The molecule has 0 radical (unpaired) electrons. The zero-order valence-corrected chi connectivity index (χ0v) is 7.87. The van der Waals surface area contributed by atoms with Gasteiger partial charge in [-0.3, -0.25) is 4.90 Å². The molecule has 0 spiro atoms. The van der Waals surface area contributed by atoms with Crippen molar-refractivity contribution in [2.75, 3.05) is 26.2 Å². The van der Waals surface area contributed by atoms with Crippen LogP contribution < -0.4 is 0 Å². The largest absolute Gasteiger partial charge is 0.361 e. The molecule has 0 aliphatic carbocycles. The number of hydrogen-bond donors (Lipinski definition) is 0. The number of rotatable bonds is 3. The monoisotopic (exact) mass is 186 g/mol. The van der Waals surface area contributed by atoms with E-state index in [1.54, 1.807) is 0 Å². The van der Waals surface area contributed by atoms with Crippen LogP contribution in [-0.4, -0.2) is 43.4 Å². The molecule has 1 aliphatic rings. The third-order valence-electron chi connectivity index (χ3n) is 2.19. The SMILES string of the molecule is CCC(F)CN1CCOC(C#N)C1. The molecule has 1 saturated heterocycles. The van der Waals surface area contributed by atoms with Crippen molar-refractivity contribution in [2.24, 2.45) is 0 Å². The summed E-state index contributed by atoms with van der Waals surface area (Å²) in [7, 11) is 0. The molecule has 2 atom stereocenters. The van der Waals surface area contributed by atoms with Gasteiger partial charge in [0.15, 0.2) is 6.10 Å². The molecule has 2 unspecified atom stereocenters. The highest BCUT2D eigenvalue weighted by Gasteiger charge is 2.21. The second-order valence-corrected chi connectivity index (χ2v) is 3.25. The van der Waals surface area contributed by atoms with Crippen molar-refractivity contribution in [2.45, 2.75) is 25.6 Å². The molecule has 4 heteroatoms. The Kier molecular flexibility index (Phi) is 4.13. The van der Waals surface area contributed by atoms with Crippen LogP contribution in [-0.2, 0) is 4.74 Å². The molecule has 0 aromatic rings. The Balaban J connectivity index is 2.30. The topological polar surface area (TPSA) is 36.3 Å². The first-order valence-corrected chi connectivity index (χ1v) is 4.64. The fourth-order valence-electron chi connectivity index (χ4n) is 1.36. The number of alkyl halides is 1. The zero-order valence-electron chi connectivity index (χ0n) is 7.87. The first kappa shape index (κ1) is 10.4. The van der Waals surface area contributed by atoms with Crippen LogP contribution >= 0.6 is 0 Å². The predicted octanol–water partition coefficient (Wildman–Crippen LogP) is 0.959. The summed E-state index contributed by atoms with van der Waals surface area (Å²) in [6, 6.07) is 2.04. The summed E-state index contributed by atoms with van der Waals surface area (Å²) in [6.45, 7) is 4.06. The lowest BCUT2D eigenvalue weighted by Crippen LogP contribution is -2.44. The van der Waals surface area contributed by atoms with Crippen LogP contribution in [0, 0.1) is 11.3 Å². The fourth-order valence-corrected chi connectivity index (χ4v) is 1.36. The Bertz CT molecular complexity index is 193. The van der Waals surface area contributed by atoms with Crippen LogP contribution in [0.4, 0.5) is 4.39 Å². The number of hydrogen-bond acceptors (Lipinski definition) is 3. The number of nitrogens with zero attached hydrogens (tertiary/aromatic N) is 2. The minimum atomic E-state index is -0.780. The van der Waals surface area contributed by atoms with Gasteiger partial charge in [0, 0.05) is 19.6 Å². The van der Waals surface area contributed by atoms with E-state index in [0.717, 1.165) is 6.54 Å². The quantitative estimate of drug-likeness (QED) is 0.658. The lowest BCUT2D eigenvalue weighted by molar-refractivity contribution is -0.00755. The average molecular weight is 186 g/mol. The molecule has 1 fully saturated rings. The van der Waals surface area contributed by atoms with Crippen molar-refractivity contribution in [1.82, 2.24) is 4.90 Å². The molecule has 0 aromatic heterocycles. The maximum Gasteiger partial charge on any atom is 0.156 e. The standard InChI is InChI=1S/C9H15FN2O/c1-2-8(10)6-12-3-4-13-9(5-11)7-12/h8-9H,2-4,6-7H2,1H3. The van der Waals surface area contributed by atoms with Gasteiger partial charge in [0.2, 0.25) is 0 Å². The van der Waals surface area contributed by atoms with Gasteiger partial charge in [0.05, 0.1) is 12.7 Å². The summed E-state index contributed by atoms with van der Waals surface area (Å²) in [5, 5.41) is 8.60. The first-order chi connectivity index (χ1) is 6.26. The number of ether oxygens (including phenoxy) is 1. The van der Waals surface area contributed by atoms with E-state index in [-0.39, 0.29) is 6.10 Å². The lowest BCUT2D eigenvalue weighted by Gasteiger charge is -2.30. The first-order valence-electron chi connectivity index (χ1n) is 4.64. The van der Waals surface area contributed by atoms with Gasteiger partial charge in [-0.1, -0.05) is 6.92 Å². The highest BCUT2D eigenvalue weighted by molar-refractivity contribution is 4.89. The van der Waals surface area contributed by atoms with E-state index in [1.807, 2.05) is 17.9 Å². The molecule has 0 amide bonds. The Morgan fingerprint density at radius 2 is 2.54 bits per heavy atom. The summed E-state index contributed by atoms with van der Waals surface area (Å²) in [6.07, 6.45) is -0.621. The summed E-state index contributed by atoms with van der Waals surface area (Å²) in [5.74, 6) is 0. The lowest BCUT2D eigenvalue weighted by atomic mass is 10.2. The second-order valence-electron chi connectivity index (χ2n) is 3.25. The van der Waals surface area contributed by atoms with Gasteiger partial charge in [0.25, 0.3) is 0 Å². The van der Waals surface area contributed by atoms with Gasteiger partial charge in [-0.05, 0) is 6.42 Å². The van der Waals surface area contributed by atoms with Crippen molar-refractivity contribution < 1.29 is 9.13 Å². The summed E-state index contributed by atoms with van der Waals surface area (Å²) >= 11 is 0. The normalized spacial score (nSPS) is 26.7. The van der Waals surface area contributed by atoms with E-state index in [0.29, 0.717) is 26.1 Å². The zero-order chi connectivity index (χ0) is 9.68. The third-order valence-corrected chi connectivity index (χ3v) is 2.19. The molecule has 0 bridgehead atoms. The van der Waals surface area contributed by atoms with Gasteiger partial charge in [-0.15, -0.1) is 0 Å². The molecular weight excluding hydrogens is 171 g/mol. The van der Waals surface area contributed by atoms with Crippen LogP contribution in [0.15, 0.2) is 0 Å². The van der Waals surface area contributed by atoms with Crippen molar-refractivity contribution in [3.8, 4) is 6.07 Å². The molecule has 1 aliphatic heterocycles. The van der Waals surface area contributed by atoms with Gasteiger partial charge < -0.3 is 4.74 Å². The number of halogens is 1. The summed E-state index contributed by atoms with van der Waals surface area (Å²) < 4.78 is 18.1. The molecule has 3 nitrogen and oxygen atoms in total. The molecule has 1 heterocycles. The molecule has 0 aromatic carbocycles. The van der Waals surface area contributed by atoms with E-state index < -0.39 is 6.17 Å². The minimum Gasteiger partial charge on any atom is -0.361 e. The molecule has 13 heavy (non-hydrogen) atoms. The van der Waals surface area contributed by atoms with Crippen LogP contribution in [0.1, 0.15) is 13.3 Å². The van der Waals surface area contributed by atoms with Gasteiger partial charge >= 0.3 is 0 Å². The average Bonchev–Trinajstić information content (AvgIpc) is 2.18. The Labute approximate surface area is 78.1 Å². The molecule has 74 valence electrons. The molecule has 0 N–H and O–H groups in total. The van der Waals surface area contributed by atoms with Gasteiger partial charge in [0.1, 0.15) is 6.17 Å². The smallest absolute Gasteiger partial charge is 0.156 e. The van der Waals surface area contributed by atoms with E-state index in [2.05, 4.69) is 0 Å². The van der Waals surface area contributed by atoms with Crippen molar-refractivity contribution in [3.63, 3.8) is 0 Å². The van der Waals surface area contributed by atoms with Gasteiger partial charge in [-0.2, -0.15) is 5.26 Å². The van der Waals surface area contributed by atoms with Crippen LogP contribution in [0.2, 0.25) is 0 Å². The van der Waals surface area contributed by atoms with Crippen LogP contribution in [0.5, 0.6) is 0 Å². The van der Waals surface area contributed by atoms with E-state index in [4.69, 9.17) is 10.00 Å². The third kappa shape index (κ3) is 3.29.